The van der Waals surface area contributed by atoms with Gasteiger partial charge in [-0.15, -0.1) is 0 Å². The van der Waals surface area contributed by atoms with Crippen LogP contribution in [0.5, 0.6) is 0 Å². The van der Waals surface area contributed by atoms with Gasteiger partial charge in [-0.3, -0.25) is 9.69 Å². The number of aromatic nitrogens is 2. The van der Waals surface area contributed by atoms with E-state index in [-0.39, 0.29) is 5.91 Å². The fraction of sp³-hybridized carbons (Fsp3) is 0.467. The Hall–Kier alpha value is -1.88. The molecule has 0 saturated carbocycles. The lowest BCUT2D eigenvalue weighted by Gasteiger charge is -2.29. The summed E-state index contributed by atoms with van der Waals surface area (Å²) in [6, 6.07) is 6.28. The lowest BCUT2D eigenvalue weighted by atomic mass is 9.96. The second-order valence-electron chi connectivity index (χ2n) is 5.66. The van der Waals surface area contributed by atoms with Crippen LogP contribution in [0.25, 0.3) is 11.0 Å². The van der Waals surface area contributed by atoms with Crippen molar-refractivity contribution in [2.75, 3.05) is 19.6 Å². The summed E-state index contributed by atoms with van der Waals surface area (Å²) in [6.07, 6.45) is 2.04. The molecule has 1 aromatic heterocycles. The third kappa shape index (κ3) is 2.67. The number of primary amides is 1. The van der Waals surface area contributed by atoms with Crippen LogP contribution in [0.15, 0.2) is 18.2 Å². The van der Waals surface area contributed by atoms with E-state index < -0.39 is 0 Å². The van der Waals surface area contributed by atoms with Crippen molar-refractivity contribution in [3.63, 3.8) is 0 Å². The lowest BCUT2D eigenvalue weighted by molar-refractivity contribution is -0.119. The smallest absolute Gasteiger partial charge is 0.231 e. The van der Waals surface area contributed by atoms with Crippen molar-refractivity contribution in [2.45, 2.75) is 25.7 Å². The first kappa shape index (κ1) is 13.1. The van der Waals surface area contributed by atoms with Gasteiger partial charge in [-0.25, -0.2) is 4.98 Å². The number of imidazole rings is 1. The fourth-order valence-electron chi connectivity index (χ4n) is 2.92. The first-order valence-corrected chi connectivity index (χ1v) is 7.09. The molecule has 1 aliphatic heterocycles. The molecular formula is C15H20N4O. The predicted molar refractivity (Wildman–Crippen MR) is 78.4 cm³/mol. The van der Waals surface area contributed by atoms with Crippen LogP contribution >= 0.6 is 0 Å². The van der Waals surface area contributed by atoms with Crippen molar-refractivity contribution in [3.8, 4) is 0 Å². The molecule has 3 rings (SSSR count). The molecule has 0 bridgehead atoms. The molecule has 1 aromatic carbocycles. The van der Waals surface area contributed by atoms with Crippen LogP contribution in [0.4, 0.5) is 0 Å². The number of hydrogen-bond donors (Lipinski definition) is 2. The highest BCUT2D eigenvalue weighted by atomic mass is 16.1. The summed E-state index contributed by atoms with van der Waals surface area (Å²) in [5, 5.41) is 0. The van der Waals surface area contributed by atoms with Crippen molar-refractivity contribution in [2.24, 2.45) is 5.73 Å². The van der Waals surface area contributed by atoms with E-state index in [1.165, 1.54) is 5.56 Å². The maximum Gasteiger partial charge on any atom is 0.231 e. The quantitative estimate of drug-likeness (QED) is 0.890. The molecule has 5 heteroatoms. The number of likely N-dealkylation sites (tertiary alicyclic amines) is 1. The summed E-state index contributed by atoms with van der Waals surface area (Å²) in [4.78, 5) is 21.2. The van der Waals surface area contributed by atoms with Crippen molar-refractivity contribution >= 4 is 16.9 Å². The van der Waals surface area contributed by atoms with Crippen LogP contribution in [0, 0.1) is 6.92 Å². The zero-order valence-corrected chi connectivity index (χ0v) is 11.7. The third-order valence-corrected chi connectivity index (χ3v) is 4.01. The largest absolute Gasteiger partial charge is 0.369 e. The number of fused-ring (bicyclic) bond motifs is 1. The van der Waals surface area contributed by atoms with E-state index in [0.717, 1.165) is 42.8 Å². The molecule has 2 heterocycles. The molecule has 0 atom stereocenters. The summed E-state index contributed by atoms with van der Waals surface area (Å²) in [5.74, 6) is 1.28. The Kier molecular flexibility index (Phi) is 3.44. The molecule has 1 fully saturated rings. The highest BCUT2D eigenvalue weighted by molar-refractivity contribution is 5.76. The maximum absolute atomic E-state index is 10.9. The van der Waals surface area contributed by atoms with Gasteiger partial charge < -0.3 is 10.7 Å². The monoisotopic (exact) mass is 272 g/mol. The number of rotatable bonds is 3. The van der Waals surface area contributed by atoms with Gasteiger partial charge in [0.15, 0.2) is 0 Å². The second kappa shape index (κ2) is 5.25. The highest BCUT2D eigenvalue weighted by Gasteiger charge is 2.23. The van der Waals surface area contributed by atoms with E-state index in [4.69, 9.17) is 10.7 Å². The van der Waals surface area contributed by atoms with Gasteiger partial charge in [-0.2, -0.15) is 0 Å². The van der Waals surface area contributed by atoms with E-state index in [1.54, 1.807) is 0 Å². The summed E-state index contributed by atoms with van der Waals surface area (Å²) in [6.45, 7) is 4.27. The van der Waals surface area contributed by atoms with Gasteiger partial charge in [-0.1, -0.05) is 6.07 Å². The standard InChI is InChI=1S/C15H20N4O/c1-10-2-3-12-13(8-10)18-15(17-12)11-4-6-19(7-5-11)9-14(16)20/h2-3,8,11H,4-7,9H2,1H3,(H2,16,20)(H,17,18). The van der Waals surface area contributed by atoms with Gasteiger partial charge in [0.25, 0.3) is 0 Å². The van der Waals surface area contributed by atoms with Gasteiger partial charge in [0.2, 0.25) is 5.91 Å². The Morgan fingerprint density at radius 2 is 2.20 bits per heavy atom. The minimum absolute atomic E-state index is 0.248. The summed E-state index contributed by atoms with van der Waals surface area (Å²) in [5.41, 5.74) is 8.62. The Morgan fingerprint density at radius 3 is 2.90 bits per heavy atom. The average Bonchev–Trinajstić information content (AvgIpc) is 2.81. The van der Waals surface area contributed by atoms with Crippen LogP contribution in [-0.2, 0) is 4.79 Å². The molecule has 2 aromatic rings. The average molecular weight is 272 g/mol. The molecule has 0 radical (unpaired) electrons. The number of H-pyrrole nitrogens is 1. The van der Waals surface area contributed by atoms with Gasteiger partial charge >= 0.3 is 0 Å². The third-order valence-electron chi connectivity index (χ3n) is 4.01. The molecule has 1 saturated heterocycles. The van der Waals surface area contributed by atoms with Crippen LogP contribution in [-0.4, -0.2) is 40.4 Å². The van der Waals surface area contributed by atoms with Crippen molar-refractivity contribution in [1.82, 2.24) is 14.9 Å². The Labute approximate surface area is 118 Å². The highest BCUT2D eigenvalue weighted by Crippen LogP contribution is 2.27. The first-order valence-electron chi connectivity index (χ1n) is 7.09. The van der Waals surface area contributed by atoms with E-state index in [9.17, 15) is 4.79 Å². The summed E-state index contributed by atoms with van der Waals surface area (Å²) >= 11 is 0. The van der Waals surface area contributed by atoms with E-state index in [0.29, 0.717) is 12.5 Å². The number of nitrogens with one attached hydrogen (secondary N) is 1. The van der Waals surface area contributed by atoms with Gasteiger partial charge in [0, 0.05) is 5.92 Å². The SMILES string of the molecule is Cc1ccc2nc(C3CCN(CC(N)=O)CC3)[nH]c2c1. The number of piperidine rings is 1. The molecule has 0 unspecified atom stereocenters. The number of nitrogens with zero attached hydrogens (tertiary/aromatic N) is 2. The van der Waals surface area contributed by atoms with Crippen LogP contribution in [0.3, 0.4) is 0 Å². The van der Waals surface area contributed by atoms with Gasteiger partial charge in [-0.05, 0) is 50.6 Å². The van der Waals surface area contributed by atoms with E-state index in [1.807, 2.05) is 0 Å². The van der Waals surface area contributed by atoms with Gasteiger partial charge in [0.05, 0.1) is 17.6 Å². The first-order chi connectivity index (χ1) is 9.61. The van der Waals surface area contributed by atoms with E-state index >= 15 is 0 Å². The van der Waals surface area contributed by atoms with Crippen LogP contribution < -0.4 is 5.73 Å². The zero-order valence-electron chi connectivity index (χ0n) is 11.7. The Bertz CT molecular complexity index is 626. The topological polar surface area (TPSA) is 75.0 Å². The summed E-state index contributed by atoms with van der Waals surface area (Å²) < 4.78 is 0. The molecule has 1 aliphatic rings. The number of nitrogens with two attached hydrogens (primary N) is 1. The van der Waals surface area contributed by atoms with Crippen molar-refractivity contribution < 1.29 is 4.79 Å². The molecular weight excluding hydrogens is 252 g/mol. The molecule has 1 amide bonds. The van der Waals surface area contributed by atoms with Crippen molar-refractivity contribution in [3.05, 3.63) is 29.6 Å². The lowest BCUT2D eigenvalue weighted by Crippen LogP contribution is -2.39. The zero-order chi connectivity index (χ0) is 14.1. The Morgan fingerprint density at radius 1 is 1.45 bits per heavy atom. The molecule has 20 heavy (non-hydrogen) atoms. The number of carbonyl (C=O) groups is 1. The molecule has 106 valence electrons. The minimum Gasteiger partial charge on any atom is -0.369 e. The predicted octanol–water partition coefficient (Wildman–Crippen LogP) is 1.54. The number of aryl methyl sites for hydroxylation is 1. The second-order valence-corrected chi connectivity index (χ2v) is 5.66. The minimum atomic E-state index is -0.248. The number of aromatic amines is 1. The Balaban J connectivity index is 1.71. The van der Waals surface area contributed by atoms with Crippen LogP contribution in [0.1, 0.15) is 30.1 Å². The van der Waals surface area contributed by atoms with Crippen LogP contribution in [0.2, 0.25) is 0 Å². The number of benzene rings is 1. The number of hydrogen-bond acceptors (Lipinski definition) is 3. The number of carbonyl (C=O) groups excluding carboxylic acids is 1. The summed E-state index contributed by atoms with van der Waals surface area (Å²) in [7, 11) is 0. The van der Waals surface area contributed by atoms with Crippen molar-refractivity contribution in [1.29, 1.82) is 0 Å². The molecule has 0 aliphatic carbocycles. The van der Waals surface area contributed by atoms with E-state index in [2.05, 4.69) is 35.0 Å². The molecule has 0 spiro atoms. The molecule has 5 nitrogen and oxygen atoms in total. The fourth-order valence-corrected chi connectivity index (χ4v) is 2.92. The number of amides is 1. The normalized spacial score (nSPS) is 17.6. The molecule has 3 N–H and O–H groups in total. The van der Waals surface area contributed by atoms with Gasteiger partial charge in [0.1, 0.15) is 5.82 Å². The maximum atomic E-state index is 10.9.